The van der Waals surface area contributed by atoms with Gasteiger partial charge in [-0.1, -0.05) is 25.7 Å². The van der Waals surface area contributed by atoms with E-state index in [9.17, 15) is 14.9 Å². The predicted molar refractivity (Wildman–Crippen MR) is 69.9 cm³/mol. The number of carbonyl (C=O) groups excluding carboxylic acids is 2. The zero-order valence-electron chi connectivity index (χ0n) is 11.2. The van der Waals surface area contributed by atoms with Gasteiger partial charge in [-0.15, -0.1) is 0 Å². The lowest BCUT2D eigenvalue weighted by Crippen LogP contribution is -2.53. The monoisotopic (exact) mass is 263 g/mol. The van der Waals surface area contributed by atoms with E-state index >= 15 is 0 Å². The Hall–Kier alpha value is -1.57. The summed E-state index contributed by atoms with van der Waals surface area (Å²) in [7, 11) is 0. The minimum Gasteiger partial charge on any atom is -0.354 e. The van der Waals surface area contributed by atoms with Crippen molar-refractivity contribution in [1.82, 2.24) is 10.6 Å². The van der Waals surface area contributed by atoms with E-state index in [2.05, 4.69) is 16.7 Å². The smallest absolute Gasteiger partial charge is 0.242 e. The van der Waals surface area contributed by atoms with Crippen LogP contribution in [0.2, 0.25) is 0 Å². The van der Waals surface area contributed by atoms with Crippen LogP contribution in [0.3, 0.4) is 0 Å². The maximum atomic E-state index is 12.4. The number of nitrogens with one attached hydrogen (secondary N) is 2. The second kappa shape index (κ2) is 6.05. The Kier molecular flexibility index (Phi) is 4.41. The van der Waals surface area contributed by atoms with Crippen LogP contribution in [0, 0.1) is 16.7 Å². The summed E-state index contributed by atoms with van der Waals surface area (Å²) in [5.41, 5.74) is -0.922. The van der Waals surface area contributed by atoms with Gasteiger partial charge in [0.05, 0.1) is 6.07 Å². The molecule has 1 aliphatic carbocycles. The van der Waals surface area contributed by atoms with E-state index in [0.29, 0.717) is 25.8 Å². The minimum atomic E-state index is -0.922. The maximum absolute atomic E-state index is 12.4. The van der Waals surface area contributed by atoms with E-state index in [1.165, 1.54) is 0 Å². The van der Waals surface area contributed by atoms with Crippen molar-refractivity contribution in [3.63, 3.8) is 0 Å². The van der Waals surface area contributed by atoms with Crippen molar-refractivity contribution < 1.29 is 9.59 Å². The third-order valence-electron chi connectivity index (χ3n) is 4.20. The number of hydrogen-bond acceptors (Lipinski definition) is 3. The lowest BCUT2D eigenvalue weighted by Gasteiger charge is -2.28. The third-order valence-corrected chi connectivity index (χ3v) is 4.20. The first-order chi connectivity index (χ1) is 9.18. The Morgan fingerprint density at radius 2 is 1.95 bits per heavy atom. The summed E-state index contributed by atoms with van der Waals surface area (Å²) < 4.78 is 0. The molecular weight excluding hydrogens is 242 g/mol. The van der Waals surface area contributed by atoms with Crippen molar-refractivity contribution in [1.29, 1.82) is 5.26 Å². The van der Waals surface area contributed by atoms with Crippen LogP contribution in [0.1, 0.15) is 51.4 Å². The molecule has 104 valence electrons. The van der Waals surface area contributed by atoms with Crippen LogP contribution in [0.25, 0.3) is 0 Å². The average molecular weight is 263 g/mol. The molecule has 2 aliphatic rings. The van der Waals surface area contributed by atoms with Crippen molar-refractivity contribution in [2.75, 3.05) is 6.54 Å². The van der Waals surface area contributed by atoms with Crippen molar-refractivity contribution in [2.24, 2.45) is 5.41 Å². The summed E-state index contributed by atoms with van der Waals surface area (Å²) >= 11 is 0. The zero-order valence-corrected chi connectivity index (χ0v) is 11.2. The molecule has 1 heterocycles. The fourth-order valence-electron chi connectivity index (χ4n) is 2.93. The summed E-state index contributed by atoms with van der Waals surface area (Å²) in [5, 5.41) is 15.0. The number of nitrogens with zero attached hydrogens (tertiary/aromatic N) is 1. The van der Waals surface area contributed by atoms with Gasteiger partial charge in [-0.05, 0) is 25.7 Å². The molecule has 19 heavy (non-hydrogen) atoms. The van der Waals surface area contributed by atoms with Crippen LogP contribution in [0.4, 0.5) is 0 Å². The molecule has 0 spiro atoms. The molecule has 0 aromatic rings. The Labute approximate surface area is 113 Å². The molecule has 2 rings (SSSR count). The molecule has 5 nitrogen and oxygen atoms in total. The summed E-state index contributed by atoms with van der Waals surface area (Å²) in [5.74, 6) is -0.375. The first kappa shape index (κ1) is 13.9. The molecule has 0 aromatic heterocycles. The van der Waals surface area contributed by atoms with Gasteiger partial charge in [0.25, 0.3) is 0 Å². The lowest BCUT2D eigenvalue weighted by molar-refractivity contribution is -0.134. The maximum Gasteiger partial charge on any atom is 0.242 e. The molecule has 1 aliphatic heterocycles. The fraction of sp³-hybridized carbons (Fsp3) is 0.786. The summed E-state index contributed by atoms with van der Waals surface area (Å²) in [6, 6.07) is 1.75. The molecule has 0 bridgehead atoms. The van der Waals surface area contributed by atoms with Gasteiger partial charge in [0.15, 0.2) is 0 Å². The van der Waals surface area contributed by atoms with Gasteiger partial charge in [0.1, 0.15) is 11.5 Å². The normalized spacial score (nSPS) is 26.7. The molecule has 0 aromatic carbocycles. The molecule has 0 radical (unpaired) electrons. The summed E-state index contributed by atoms with van der Waals surface area (Å²) in [6.07, 6.45) is 6.76. The second-order valence-electron chi connectivity index (χ2n) is 5.57. The van der Waals surface area contributed by atoms with Crippen molar-refractivity contribution in [3.05, 3.63) is 0 Å². The Balaban J connectivity index is 2.03. The number of hydrogen-bond donors (Lipinski definition) is 2. The molecule has 1 saturated heterocycles. The molecule has 1 atom stereocenters. The van der Waals surface area contributed by atoms with Gasteiger partial charge in [-0.3, -0.25) is 9.59 Å². The van der Waals surface area contributed by atoms with Gasteiger partial charge in [0.2, 0.25) is 11.8 Å². The molecule has 1 saturated carbocycles. The SMILES string of the molecule is N#CC1(C(=O)NC2CCCNC2=O)CCCCCC1. The van der Waals surface area contributed by atoms with Gasteiger partial charge in [0, 0.05) is 6.54 Å². The molecule has 2 amide bonds. The topological polar surface area (TPSA) is 82.0 Å². The van der Waals surface area contributed by atoms with Gasteiger partial charge >= 0.3 is 0 Å². The Morgan fingerprint density at radius 1 is 1.26 bits per heavy atom. The van der Waals surface area contributed by atoms with E-state index in [0.717, 1.165) is 32.1 Å². The standard InChI is InChI=1S/C14H21N3O2/c15-10-14(7-3-1-2-4-8-14)13(19)17-11-6-5-9-16-12(11)18/h11H,1-9H2,(H,16,18)(H,17,19). The first-order valence-electron chi connectivity index (χ1n) is 7.18. The van der Waals surface area contributed by atoms with E-state index in [-0.39, 0.29) is 11.8 Å². The number of nitriles is 1. The van der Waals surface area contributed by atoms with Crippen LogP contribution >= 0.6 is 0 Å². The summed E-state index contributed by atoms with van der Waals surface area (Å²) in [6.45, 7) is 0.675. The van der Waals surface area contributed by atoms with Crippen molar-refractivity contribution in [3.8, 4) is 6.07 Å². The molecule has 1 unspecified atom stereocenters. The highest BCUT2D eigenvalue weighted by Gasteiger charge is 2.40. The highest BCUT2D eigenvalue weighted by atomic mass is 16.2. The highest BCUT2D eigenvalue weighted by molar-refractivity contribution is 5.91. The Bertz CT molecular complexity index is 392. The van der Waals surface area contributed by atoms with Gasteiger partial charge < -0.3 is 10.6 Å². The van der Waals surface area contributed by atoms with Crippen LogP contribution < -0.4 is 10.6 Å². The fourth-order valence-corrected chi connectivity index (χ4v) is 2.93. The van der Waals surface area contributed by atoms with Gasteiger partial charge in [-0.2, -0.15) is 5.26 Å². The second-order valence-corrected chi connectivity index (χ2v) is 5.57. The predicted octanol–water partition coefficient (Wildman–Crippen LogP) is 1.25. The number of piperidine rings is 1. The van der Waals surface area contributed by atoms with E-state index in [1.54, 1.807) is 0 Å². The van der Waals surface area contributed by atoms with Crippen LogP contribution in [0.15, 0.2) is 0 Å². The average Bonchev–Trinajstić information content (AvgIpc) is 2.67. The third kappa shape index (κ3) is 3.06. The quantitative estimate of drug-likeness (QED) is 0.735. The number of rotatable bonds is 2. The van der Waals surface area contributed by atoms with Gasteiger partial charge in [-0.25, -0.2) is 0 Å². The van der Waals surface area contributed by atoms with Crippen LogP contribution in [0.5, 0.6) is 0 Å². The Morgan fingerprint density at radius 3 is 2.53 bits per heavy atom. The summed E-state index contributed by atoms with van der Waals surface area (Å²) in [4.78, 5) is 24.1. The van der Waals surface area contributed by atoms with Crippen LogP contribution in [-0.4, -0.2) is 24.4 Å². The molecule has 2 N–H and O–H groups in total. The van der Waals surface area contributed by atoms with E-state index in [4.69, 9.17) is 0 Å². The van der Waals surface area contributed by atoms with Crippen molar-refractivity contribution >= 4 is 11.8 Å². The molecule has 2 fully saturated rings. The van der Waals surface area contributed by atoms with E-state index in [1.807, 2.05) is 0 Å². The number of amides is 2. The van der Waals surface area contributed by atoms with E-state index < -0.39 is 11.5 Å². The van der Waals surface area contributed by atoms with Crippen molar-refractivity contribution in [2.45, 2.75) is 57.4 Å². The number of carbonyl (C=O) groups is 2. The largest absolute Gasteiger partial charge is 0.354 e. The first-order valence-corrected chi connectivity index (χ1v) is 7.18. The lowest BCUT2D eigenvalue weighted by atomic mass is 9.80. The zero-order chi connectivity index (χ0) is 13.7. The highest BCUT2D eigenvalue weighted by Crippen LogP contribution is 2.34. The molecular formula is C14H21N3O2. The molecule has 5 heteroatoms. The van der Waals surface area contributed by atoms with Crippen LogP contribution in [-0.2, 0) is 9.59 Å². The minimum absolute atomic E-state index is 0.124.